The molecule has 1 fully saturated rings. The molecule has 0 spiro atoms. The number of fused-ring (bicyclic) bond motifs is 2. The number of nitrogens with zero attached hydrogens (tertiary/aromatic N) is 4. The minimum atomic E-state index is -3.78. The number of hydrogen-bond donors (Lipinski definition) is 0. The van der Waals surface area contributed by atoms with Gasteiger partial charge in [0.1, 0.15) is 11.0 Å². The van der Waals surface area contributed by atoms with Crippen molar-refractivity contribution in [3.05, 3.63) is 70.3 Å². The van der Waals surface area contributed by atoms with Crippen molar-refractivity contribution in [2.45, 2.75) is 37.1 Å². The molecule has 156 valence electrons. The first-order valence-electron chi connectivity index (χ1n) is 9.81. The summed E-state index contributed by atoms with van der Waals surface area (Å²) in [6.07, 6.45) is 2.96. The predicted molar refractivity (Wildman–Crippen MR) is 114 cm³/mol. The van der Waals surface area contributed by atoms with Gasteiger partial charge in [-0.15, -0.1) is 11.3 Å². The Bertz CT molecular complexity index is 1150. The highest BCUT2D eigenvalue weighted by Crippen LogP contribution is 2.36. The molecule has 7 nitrogen and oxygen atoms in total. The van der Waals surface area contributed by atoms with Crippen LogP contribution in [-0.2, 0) is 23.1 Å². The highest BCUT2D eigenvalue weighted by molar-refractivity contribution is 7.89. The molecule has 3 aromatic rings. The molecule has 0 aliphatic carbocycles. The molecule has 2 atom stereocenters. The first kappa shape index (κ1) is 19.6. The number of hydrogen-bond acceptors (Lipinski definition) is 7. The summed E-state index contributed by atoms with van der Waals surface area (Å²) >= 11 is 1.73. The number of aromatic nitrogens is 2. The number of thiophene rings is 1. The van der Waals surface area contributed by atoms with E-state index in [2.05, 4.69) is 33.2 Å². The summed E-state index contributed by atoms with van der Waals surface area (Å²) in [5.41, 5.74) is 1.97. The Morgan fingerprint density at radius 1 is 1.10 bits per heavy atom. The summed E-state index contributed by atoms with van der Waals surface area (Å²) < 4.78 is 34.9. The van der Waals surface area contributed by atoms with Crippen LogP contribution in [0.15, 0.2) is 59.1 Å². The number of sulfonamides is 1. The summed E-state index contributed by atoms with van der Waals surface area (Å²) in [6.45, 7) is 4.34. The minimum Gasteiger partial charge on any atom is -0.470 e. The largest absolute Gasteiger partial charge is 0.470 e. The van der Waals surface area contributed by atoms with Crippen LogP contribution in [-0.4, -0.2) is 52.8 Å². The van der Waals surface area contributed by atoms with Gasteiger partial charge >= 0.3 is 0 Å². The topological polar surface area (TPSA) is 75.6 Å². The van der Waals surface area contributed by atoms with E-state index >= 15 is 0 Å². The molecule has 0 aromatic carbocycles. The lowest BCUT2D eigenvalue weighted by Crippen LogP contribution is -2.46. The Morgan fingerprint density at radius 3 is 2.73 bits per heavy atom. The molecule has 0 saturated carbocycles. The third kappa shape index (κ3) is 3.51. The second-order valence-electron chi connectivity index (χ2n) is 7.62. The van der Waals surface area contributed by atoms with Gasteiger partial charge in [-0.25, -0.2) is 13.4 Å². The molecule has 0 unspecified atom stereocenters. The van der Waals surface area contributed by atoms with Gasteiger partial charge in [-0.1, -0.05) is 6.07 Å². The molecule has 5 heterocycles. The number of aryl methyl sites for hydroxylation is 1. The highest BCUT2D eigenvalue weighted by atomic mass is 32.2. The lowest BCUT2D eigenvalue weighted by Gasteiger charge is -2.27. The molecule has 0 radical (unpaired) electrons. The Hall–Kier alpha value is -2.33. The molecule has 2 aliphatic rings. The van der Waals surface area contributed by atoms with E-state index < -0.39 is 10.0 Å². The fourth-order valence-electron chi connectivity index (χ4n) is 4.09. The maximum absolute atomic E-state index is 13.6. The van der Waals surface area contributed by atoms with E-state index in [9.17, 15) is 8.42 Å². The van der Waals surface area contributed by atoms with Crippen molar-refractivity contribution in [2.24, 2.45) is 0 Å². The number of ether oxygens (including phenoxy) is 1. The van der Waals surface area contributed by atoms with E-state index in [1.807, 2.05) is 18.2 Å². The third-order valence-corrected chi connectivity index (χ3v) is 8.54. The van der Waals surface area contributed by atoms with Crippen molar-refractivity contribution < 1.29 is 13.2 Å². The van der Waals surface area contributed by atoms with E-state index in [0.29, 0.717) is 18.8 Å². The van der Waals surface area contributed by atoms with Crippen molar-refractivity contribution in [3.63, 3.8) is 0 Å². The van der Waals surface area contributed by atoms with Crippen LogP contribution in [0.3, 0.4) is 0 Å². The van der Waals surface area contributed by atoms with Gasteiger partial charge in [-0.05, 0) is 48.2 Å². The van der Waals surface area contributed by atoms with Crippen LogP contribution in [0.2, 0.25) is 0 Å². The van der Waals surface area contributed by atoms with E-state index in [0.717, 1.165) is 6.54 Å². The quantitative estimate of drug-likeness (QED) is 0.618. The van der Waals surface area contributed by atoms with E-state index in [1.165, 1.54) is 10.4 Å². The predicted octanol–water partition coefficient (Wildman–Crippen LogP) is 2.68. The molecule has 0 amide bonds. The number of likely N-dealkylation sites (tertiary alicyclic amines) is 1. The average molecular weight is 443 g/mol. The molecule has 0 N–H and O–H groups in total. The van der Waals surface area contributed by atoms with Gasteiger partial charge in [0.05, 0.1) is 18.3 Å². The smallest absolute Gasteiger partial charge is 0.249 e. The molecular weight excluding hydrogens is 420 g/mol. The van der Waals surface area contributed by atoms with Gasteiger partial charge in [0.2, 0.25) is 15.9 Å². The first-order valence-corrected chi connectivity index (χ1v) is 12.1. The number of rotatable bonds is 4. The van der Waals surface area contributed by atoms with Crippen LogP contribution in [0.5, 0.6) is 5.88 Å². The first-order chi connectivity index (χ1) is 14.5. The maximum Gasteiger partial charge on any atom is 0.249 e. The van der Waals surface area contributed by atoms with Gasteiger partial charge in [-0.3, -0.25) is 9.88 Å². The monoisotopic (exact) mass is 442 g/mol. The van der Waals surface area contributed by atoms with Gasteiger partial charge in [-0.2, -0.15) is 4.31 Å². The van der Waals surface area contributed by atoms with Crippen molar-refractivity contribution >= 4 is 21.4 Å². The minimum absolute atomic E-state index is 0.121. The van der Waals surface area contributed by atoms with Crippen LogP contribution in [0.1, 0.15) is 16.1 Å². The Labute approximate surface area is 180 Å². The third-order valence-electron chi connectivity index (χ3n) is 5.65. The van der Waals surface area contributed by atoms with Gasteiger partial charge < -0.3 is 4.74 Å². The van der Waals surface area contributed by atoms with Crippen LogP contribution in [0, 0.1) is 6.92 Å². The molecular formula is C21H22N4O3S2. The zero-order valence-corrected chi connectivity index (χ0v) is 18.1. The maximum atomic E-state index is 13.6. The fraction of sp³-hybridized carbons (Fsp3) is 0.333. The highest BCUT2D eigenvalue weighted by Gasteiger charge is 2.47. The lowest BCUT2D eigenvalue weighted by molar-refractivity contribution is 0.143. The SMILES string of the molecule is Cc1ccsc1CN1C[C@@H]2Oc3ncccc3S(=O)(=O)N(Cc3ccccn3)[C@@H]2C1. The second-order valence-corrected chi connectivity index (χ2v) is 10.5. The molecule has 3 aromatic heterocycles. The summed E-state index contributed by atoms with van der Waals surface area (Å²) in [5.74, 6) is 0.185. The Balaban J connectivity index is 1.51. The summed E-state index contributed by atoms with van der Waals surface area (Å²) in [5, 5.41) is 2.09. The van der Waals surface area contributed by atoms with Gasteiger partial charge in [0.15, 0.2) is 0 Å². The summed E-state index contributed by atoms with van der Waals surface area (Å²) in [4.78, 5) is 12.3. The van der Waals surface area contributed by atoms with Crippen molar-refractivity contribution in [2.75, 3.05) is 13.1 Å². The second kappa shape index (κ2) is 7.73. The summed E-state index contributed by atoms with van der Waals surface area (Å²) in [6, 6.07) is 10.5. The van der Waals surface area contributed by atoms with Crippen molar-refractivity contribution in [3.8, 4) is 5.88 Å². The zero-order valence-electron chi connectivity index (χ0n) is 16.5. The molecule has 9 heteroatoms. The lowest BCUT2D eigenvalue weighted by atomic mass is 10.2. The molecule has 2 aliphatic heterocycles. The van der Waals surface area contributed by atoms with Crippen LogP contribution < -0.4 is 4.74 Å². The molecule has 30 heavy (non-hydrogen) atoms. The zero-order chi connectivity index (χ0) is 20.7. The van der Waals surface area contributed by atoms with Gasteiger partial charge in [0.25, 0.3) is 0 Å². The Kier molecular flexibility index (Phi) is 5.06. The fourth-order valence-corrected chi connectivity index (χ4v) is 6.72. The van der Waals surface area contributed by atoms with Crippen molar-refractivity contribution in [1.82, 2.24) is 19.2 Å². The normalized spacial score (nSPS) is 23.4. The van der Waals surface area contributed by atoms with Gasteiger partial charge in [0, 0.05) is 36.9 Å². The standard InChI is InChI=1S/C21H22N4O3S2/c1-15-7-10-29-19(15)14-24-12-17-18(13-24)28-21-20(6-4-9-23-21)30(26,27)25(17)11-16-5-2-3-8-22-16/h2-10,17-18H,11-14H2,1H3/t17-,18+/m1/s1. The van der Waals surface area contributed by atoms with Crippen LogP contribution in [0.25, 0.3) is 0 Å². The van der Waals surface area contributed by atoms with E-state index in [-0.39, 0.29) is 29.5 Å². The van der Waals surface area contributed by atoms with E-state index in [1.54, 1.807) is 40.2 Å². The Morgan fingerprint density at radius 2 is 1.97 bits per heavy atom. The van der Waals surface area contributed by atoms with Crippen LogP contribution >= 0.6 is 11.3 Å². The molecule has 0 bridgehead atoms. The van der Waals surface area contributed by atoms with Crippen LogP contribution in [0.4, 0.5) is 0 Å². The van der Waals surface area contributed by atoms with E-state index in [4.69, 9.17) is 4.74 Å². The average Bonchev–Trinajstić information content (AvgIpc) is 3.31. The summed E-state index contributed by atoms with van der Waals surface area (Å²) in [7, 11) is -3.78. The molecule has 5 rings (SSSR count). The molecule has 1 saturated heterocycles. The number of pyridine rings is 2. The van der Waals surface area contributed by atoms with Crippen molar-refractivity contribution in [1.29, 1.82) is 0 Å².